The molecule has 0 bridgehead atoms. The van der Waals surface area contributed by atoms with E-state index in [1.165, 1.54) is 87.5 Å². The summed E-state index contributed by atoms with van der Waals surface area (Å²) in [7, 11) is 0. The molecule has 0 radical (unpaired) electrons. The average Bonchev–Trinajstić information content (AvgIpc) is 3.90. The third-order valence-electron chi connectivity index (χ3n) is 12.5. The lowest BCUT2D eigenvalue weighted by Gasteiger charge is -2.26. The maximum Gasteiger partial charge on any atom is 0.124 e. The highest BCUT2D eigenvalue weighted by Crippen LogP contribution is 2.61. The number of rotatable bonds is 2. The number of para-hydroxylation sites is 2. The first-order chi connectivity index (χ1) is 24.5. The Bertz CT molecular complexity index is 2630. The predicted molar refractivity (Wildman–Crippen MR) is 216 cm³/mol. The molecule has 0 N–H and O–H groups in total. The second-order valence-corrected chi connectivity index (χ2v) is 18.5. The van der Waals surface area contributed by atoms with Crippen molar-refractivity contribution in [1.82, 2.24) is 4.98 Å². The van der Waals surface area contributed by atoms with Gasteiger partial charge < -0.3 is 5.32 Å². The first kappa shape index (κ1) is 30.0. The Morgan fingerprint density at radius 3 is 1.69 bits per heavy atom. The fourth-order valence-electron chi connectivity index (χ4n) is 9.60. The van der Waals surface area contributed by atoms with Gasteiger partial charge in [0, 0.05) is 21.8 Å². The molecule has 0 fully saturated rings. The molecule has 7 aromatic rings. The molecule has 1 aromatic heterocycles. The molecule has 4 aliphatic rings. The van der Waals surface area contributed by atoms with E-state index in [0.717, 1.165) is 16.2 Å². The van der Waals surface area contributed by atoms with E-state index in [-0.39, 0.29) is 21.6 Å². The van der Waals surface area contributed by atoms with Crippen LogP contribution < -0.4 is 0 Å². The van der Waals surface area contributed by atoms with Gasteiger partial charge in [-0.1, -0.05) is 108 Å². The van der Waals surface area contributed by atoms with Crippen LogP contribution in [0.2, 0.25) is 0 Å². The number of benzene rings is 6. The molecule has 0 saturated heterocycles. The fraction of sp³-hybridized carbons (Fsp3) is 0.213. The molecule has 51 heavy (non-hydrogen) atoms. The second-order valence-electron chi connectivity index (χ2n) is 16.4. The van der Waals surface area contributed by atoms with Crippen LogP contribution in [0.5, 0.6) is 0 Å². The quantitative estimate of drug-likeness (QED) is 0.180. The maximum atomic E-state index is 5.10. The van der Waals surface area contributed by atoms with Crippen molar-refractivity contribution in [1.29, 1.82) is 0 Å². The van der Waals surface area contributed by atoms with Crippen molar-refractivity contribution in [2.45, 2.75) is 68.1 Å². The number of thiazole rings is 1. The van der Waals surface area contributed by atoms with Crippen molar-refractivity contribution in [3.8, 4) is 44.0 Å². The minimum atomic E-state index is -0.130. The van der Waals surface area contributed by atoms with Crippen LogP contribution in [0.4, 0.5) is 5.69 Å². The number of aromatic nitrogens is 1. The largest absolute Gasteiger partial charge is 0.668 e. The molecule has 3 aliphatic carbocycles. The van der Waals surface area contributed by atoms with Crippen LogP contribution in [0, 0.1) is 0 Å². The zero-order valence-electron chi connectivity index (χ0n) is 29.7. The monoisotopic (exact) mass is 693 g/mol. The number of nitrogens with zero attached hydrogens (tertiary/aromatic N) is 2. The summed E-state index contributed by atoms with van der Waals surface area (Å²) in [6.45, 7) is 14.5. The normalized spacial score (nSPS) is 18.7. The van der Waals surface area contributed by atoms with Gasteiger partial charge in [0.25, 0.3) is 0 Å². The summed E-state index contributed by atoms with van der Waals surface area (Å²) in [4.78, 5) is 6.29. The van der Waals surface area contributed by atoms with Crippen molar-refractivity contribution >= 4 is 39.0 Å². The second kappa shape index (κ2) is 9.82. The van der Waals surface area contributed by atoms with Crippen molar-refractivity contribution in [3.05, 3.63) is 153 Å². The van der Waals surface area contributed by atoms with Crippen molar-refractivity contribution in [2.24, 2.45) is 0 Å². The molecule has 1 aliphatic heterocycles. The van der Waals surface area contributed by atoms with E-state index in [0.29, 0.717) is 0 Å². The zero-order chi connectivity index (χ0) is 34.6. The average molecular weight is 694 g/mol. The van der Waals surface area contributed by atoms with Gasteiger partial charge in [-0.25, -0.2) is 4.98 Å². The van der Waals surface area contributed by atoms with E-state index in [4.69, 9.17) is 10.3 Å². The van der Waals surface area contributed by atoms with Crippen LogP contribution in [0.1, 0.15) is 85.9 Å². The van der Waals surface area contributed by atoms with E-state index in [9.17, 15) is 0 Å². The van der Waals surface area contributed by atoms with Crippen LogP contribution >= 0.6 is 23.1 Å². The minimum Gasteiger partial charge on any atom is -0.668 e. The number of hydrogen-bond donors (Lipinski definition) is 0. The van der Waals surface area contributed by atoms with E-state index >= 15 is 0 Å². The fourth-order valence-corrected chi connectivity index (χ4v) is 11.6. The van der Waals surface area contributed by atoms with Gasteiger partial charge in [0.1, 0.15) is 5.01 Å². The van der Waals surface area contributed by atoms with Crippen molar-refractivity contribution in [2.75, 3.05) is 0 Å². The van der Waals surface area contributed by atoms with Crippen LogP contribution in [-0.2, 0) is 16.2 Å². The van der Waals surface area contributed by atoms with Crippen LogP contribution in [0.15, 0.2) is 114 Å². The van der Waals surface area contributed by atoms with E-state index in [1.54, 1.807) is 11.3 Å². The molecular formula is C47H37N2S2-. The van der Waals surface area contributed by atoms with Crippen molar-refractivity contribution in [3.63, 3.8) is 0 Å². The summed E-state index contributed by atoms with van der Waals surface area (Å²) in [6, 6.07) is 41.3. The predicted octanol–water partition coefficient (Wildman–Crippen LogP) is 13.7. The molecule has 248 valence electrons. The first-order valence-corrected chi connectivity index (χ1v) is 19.7. The van der Waals surface area contributed by atoms with Crippen LogP contribution in [-0.4, -0.2) is 4.98 Å². The Labute approximate surface area is 308 Å². The lowest BCUT2D eigenvalue weighted by atomic mass is 9.78. The van der Waals surface area contributed by atoms with Crippen molar-refractivity contribution < 1.29 is 0 Å². The van der Waals surface area contributed by atoms with Crippen LogP contribution in [0.3, 0.4) is 0 Å². The Hall–Kier alpha value is -4.64. The standard InChI is InChI=1S/C47H37N2S2/c1-45(2)33-17-15-25(43-48-39-11-7-9-13-41(39)50-43)19-27(33)29-21-37-31(23-35(29)45)32-24-36-30(22-38(32)47(37,5)6)28-20-26(16-18-34(28)46(36,3)4)44-49-40-12-8-10-14-42(40)51-44/h7-24,43H,1-6H3/q-1. The van der Waals surface area contributed by atoms with Gasteiger partial charge in [-0.3, -0.25) is 0 Å². The minimum absolute atomic E-state index is 0.0860. The van der Waals surface area contributed by atoms with E-state index in [2.05, 4.69) is 151 Å². The van der Waals surface area contributed by atoms with Gasteiger partial charge in [-0.05, 0) is 126 Å². The highest BCUT2D eigenvalue weighted by molar-refractivity contribution is 8.00. The van der Waals surface area contributed by atoms with Gasteiger partial charge in [0.2, 0.25) is 0 Å². The summed E-state index contributed by atoms with van der Waals surface area (Å²) in [5.74, 6) is 0. The third-order valence-corrected chi connectivity index (χ3v) is 14.8. The summed E-state index contributed by atoms with van der Waals surface area (Å²) in [5.41, 5.74) is 21.2. The molecule has 2 heterocycles. The molecule has 4 heteroatoms. The van der Waals surface area contributed by atoms with Gasteiger partial charge >= 0.3 is 0 Å². The Balaban J connectivity index is 1.03. The number of thioether (sulfide) groups is 1. The van der Waals surface area contributed by atoms with E-state index in [1.807, 2.05) is 11.8 Å². The topological polar surface area (TPSA) is 27.0 Å². The first-order valence-electron chi connectivity index (χ1n) is 18.0. The van der Waals surface area contributed by atoms with Crippen LogP contribution in [0.25, 0.3) is 59.5 Å². The number of fused-ring (bicyclic) bond motifs is 11. The summed E-state index contributed by atoms with van der Waals surface area (Å²) in [6.07, 6.45) is 0. The Morgan fingerprint density at radius 2 is 1.06 bits per heavy atom. The lowest BCUT2D eigenvalue weighted by molar-refractivity contribution is 0.649. The zero-order valence-corrected chi connectivity index (χ0v) is 31.3. The molecule has 11 rings (SSSR count). The highest BCUT2D eigenvalue weighted by atomic mass is 32.2. The third kappa shape index (κ3) is 3.93. The Kier molecular flexibility index (Phi) is 5.78. The molecule has 0 saturated carbocycles. The molecule has 2 nitrogen and oxygen atoms in total. The van der Waals surface area contributed by atoms with E-state index < -0.39 is 0 Å². The summed E-state index contributed by atoms with van der Waals surface area (Å²) >= 11 is 3.64. The molecule has 1 atom stereocenters. The molecule has 0 spiro atoms. The highest BCUT2D eigenvalue weighted by Gasteiger charge is 2.44. The molecule has 0 amide bonds. The molecule has 6 aromatic carbocycles. The summed E-state index contributed by atoms with van der Waals surface area (Å²) in [5, 5.41) is 6.28. The number of hydrogen-bond acceptors (Lipinski definition) is 3. The smallest absolute Gasteiger partial charge is 0.124 e. The van der Waals surface area contributed by atoms with Gasteiger partial charge in [0.15, 0.2) is 0 Å². The SMILES string of the molecule is CC1(C)c2ccc(-c3nc4ccccc4s3)cc2-c2cc3c(cc21)-c1cc2c(cc1C3(C)C)-c1cc(C3[N-]c4ccccc4S3)ccc1C2(C)C. The molecular weight excluding hydrogens is 657 g/mol. The molecule has 1 unspecified atom stereocenters. The van der Waals surface area contributed by atoms with Gasteiger partial charge in [-0.2, -0.15) is 0 Å². The summed E-state index contributed by atoms with van der Waals surface area (Å²) < 4.78 is 1.23. The maximum absolute atomic E-state index is 5.10. The Morgan fingerprint density at radius 1 is 0.529 bits per heavy atom. The lowest BCUT2D eigenvalue weighted by Crippen LogP contribution is -2.17. The van der Waals surface area contributed by atoms with Gasteiger partial charge in [-0.15, -0.1) is 28.8 Å². The van der Waals surface area contributed by atoms with Gasteiger partial charge in [0.05, 0.1) is 10.2 Å².